The maximum absolute atomic E-state index is 12.3. The van der Waals surface area contributed by atoms with Crippen LogP contribution in [0.5, 0.6) is 0 Å². The number of amides is 2. The van der Waals surface area contributed by atoms with E-state index in [-0.39, 0.29) is 12.0 Å². The van der Waals surface area contributed by atoms with Gasteiger partial charge in [-0.25, -0.2) is 4.79 Å². The van der Waals surface area contributed by atoms with Gasteiger partial charge in [-0.05, 0) is 5.56 Å². The predicted octanol–water partition coefficient (Wildman–Crippen LogP) is 2.36. The summed E-state index contributed by atoms with van der Waals surface area (Å²) in [6, 6.07) is 10.3. The molecule has 1 spiro atoms. The molecule has 0 aromatic heterocycles. The smallest absolute Gasteiger partial charge is 0.410 e. The summed E-state index contributed by atoms with van der Waals surface area (Å²) in [5, 5.41) is 0. The van der Waals surface area contributed by atoms with Crippen LogP contribution in [0.2, 0.25) is 0 Å². The second-order valence-electron chi connectivity index (χ2n) is 6.26. The molecule has 2 aliphatic heterocycles. The third-order valence-electron chi connectivity index (χ3n) is 4.38. The zero-order valence-corrected chi connectivity index (χ0v) is 14.2. The first-order chi connectivity index (χ1) is 11.1. The van der Waals surface area contributed by atoms with Gasteiger partial charge < -0.3 is 14.5 Å². The normalized spacial score (nSPS) is 23.6. The van der Waals surface area contributed by atoms with Gasteiger partial charge in [0.1, 0.15) is 0 Å². The quantitative estimate of drug-likeness (QED) is 0.776. The Labute approximate surface area is 141 Å². The lowest BCUT2D eigenvalue weighted by molar-refractivity contribution is -0.130. The summed E-state index contributed by atoms with van der Waals surface area (Å²) in [7, 11) is 1.74. The minimum atomic E-state index is -0.474. The minimum absolute atomic E-state index is 0.160. The van der Waals surface area contributed by atoms with Gasteiger partial charge in [-0.2, -0.15) is 11.8 Å². The van der Waals surface area contributed by atoms with Crippen molar-refractivity contribution in [2.24, 2.45) is 0 Å². The van der Waals surface area contributed by atoms with Crippen LogP contribution >= 0.6 is 11.8 Å². The first-order valence-electron chi connectivity index (χ1n) is 7.92. The summed E-state index contributed by atoms with van der Waals surface area (Å²) < 4.78 is 5.47. The average molecular weight is 334 g/mol. The molecule has 1 aromatic carbocycles. The molecule has 2 heterocycles. The molecule has 1 atom stereocenters. The first kappa shape index (κ1) is 16.2. The van der Waals surface area contributed by atoms with Crippen molar-refractivity contribution in [3.63, 3.8) is 0 Å². The highest BCUT2D eigenvalue weighted by atomic mass is 32.2. The second kappa shape index (κ2) is 6.83. The summed E-state index contributed by atoms with van der Waals surface area (Å²) in [4.78, 5) is 27.3. The van der Waals surface area contributed by atoms with Crippen LogP contribution in [0.1, 0.15) is 18.4 Å². The number of thioether (sulfide) groups is 1. The minimum Gasteiger partial charge on any atom is -0.439 e. The Balaban J connectivity index is 1.41. The van der Waals surface area contributed by atoms with Crippen molar-refractivity contribution < 1.29 is 14.3 Å². The van der Waals surface area contributed by atoms with E-state index in [4.69, 9.17) is 4.74 Å². The molecule has 3 rings (SSSR count). The average Bonchev–Trinajstić information content (AvgIpc) is 3.08. The van der Waals surface area contributed by atoms with E-state index in [2.05, 4.69) is 12.1 Å². The number of benzene rings is 1. The van der Waals surface area contributed by atoms with Crippen molar-refractivity contribution in [2.75, 3.05) is 32.4 Å². The lowest BCUT2D eigenvalue weighted by atomic mass is 10.0. The monoisotopic (exact) mass is 334 g/mol. The lowest BCUT2D eigenvalue weighted by Crippen LogP contribution is -2.39. The van der Waals surface area contributed by atoms with Gasteiger partial charge in [0.05, 0.1) is 13.1 Å². The molecule has 1 aromatic rings. The number of carbonyl (C=O) groups excluding carboxylic acids is 2. The molecule has 0 radical (unpaired) electrons. The molecule has 2 fully saturated rings. The molecular formula is C17H22N2O3S. The number of carbonyl (C=O) groups is 2. The van der Waals surface area contributed by atoms with Gasteiger partial charge >= 0.3 is 6.09 Å². The second-order valence-corrected chi connectivity index (χ2v) is 7.37. The number of hydrogen-bond donors (Lipinski definition) is 0. The Morgan fingerprint density at radius 2 is 2.09 bits per heavy atom. The Morgan fingerprint density at radius 3 is 2.78 bits per heavy atom. The molecule has 5 nitrogen and oxygen atoms in total. The van der Waals surface area contributed by atoms with Gasteiger partial charge in [-0.3, -0.25) is 4.79 Å². The van der Waals surface area contributed by atoms with Crippen LogP contribution in [0.15, 0.2) is 30.3 Å². The lowest BCUT2D eigenvalue weighted by Gasteiger charge is -2.21. The van der Waals surface area contributed by atoms with Crippen molar-refractivity contribution in [3.05, 3.63) is 35.9 Å². The van der Waals surface area contributed by atoms with E-state index in [1.807, 2.05) is 23.1 Å². The zero-order valence-electron chi connectivity index (χ0n) is 13.4. The van der Waals surface area contributed by atoms with Gasteiger partial charge in [0, 0.05) is 37.9 Å². The van der Waals surface area contributed by atoms with E-state index in [0.29, 0.717) is 26.1 Å². The highest BCUT2D eigenvalue weighted by Crippen LogP contribution is 2.32. The van der Waals surface area contributed by atoms with Crippen LogP contribution in [-0.4, -0.2) is 59.8 Å². The summed E-state index contributed by atoms with van der Waals surface area (Å²) in [5.74, 6) is 1.91. The van der Waals surface area contributed by atoms with E-state index in [9.17, 15) is 9.59 Å². The summed E-state index contributed by atoms with van der Waals surface area (Å²) in [6.07, 6.45) is 1.00. The van der Waals surface area contributed by atoms with E-state index >= 15 is 0 Å². The van der Waals surface area contributed by atoms with Crippen LogP contribution < -0.4 is 0 Å². The van der Waals surface area contributed by atoms with Crippen LogP contribution in [0.25, 0.3) is 0 Å². The number of ether oxygens (including phenoxy) is 1. The standard InChI is InChI=1S/C17H22N2O3S/c1-18-12-17(22-16(18)21)8-9-19(13-17)15(20)7-10-23-11-14-5-3-2-4-6-14/h2-6H,7-13H2,1H3/t17-/m0/s1. The van der Waals surface area contributed by atoms with E-state index in [0.717, 1.165) is 17.9 Å². The molecular weight excluding hydrogens is 312 g/mol. The number of likely N-dealkylation sites (tertiary alicyclic amines) is 1. The van der Waals surface area contributed by atoms with Crippen LogP contribution in [0.3, 0.4) is 0 Å². The number of likely N-dealkylation sites (N-methyl/N-ethyl adjacent to an activating group) is 1. The number of nitrogens with zero attached hydrogens (tertiary/aromatic N) is 2. The van der Waals surface area contributed by atoms with Crippen molar-refractivity contribution in [1.82, 2.24) is 9.80 Å². The topological polar surface area (TPSA) is 49.9 Å². The fourth-order valence-corrected chi connectivity index (χ4v) is 4.04. The molecule has 6 heteroatoms. The van der Waals surface area contributed by atoms with Crippen molar-refractivity contribution in [2.45, 2.75) is 24.2 Å². The van der Waals surface area contributed by atoms with Gasteiger partial charge in [0.25, 0.3) is 0 Å². The van der Waals surface area contributed by atoms with Gasteiger partial charge in [0.2, 0.25) is 5.91 Å². The molecule has 0 bridgehead atoms. The van der Waals surface area contributed by atoms with Gasteiger partial charge in [-0.15, -0.1) is 0 Å². The van der Waals surface area contributed by atoms with E-state index in [1.165, 1.54) is 5.56 Å². The van der Waals surface area contributed by atoms with Gasteiger partial charge in [-0.1, -0.05) is 30.3 Å². The Kier molecular flexibility index (Phi) is 4.80. The Hall–Kier alpha value is -1.69. The largest absolute Gasteiger partial charge is 0.439 e. The molecule has 0 N–H and O–H groups in total. The van der Waals surface area contributed by atoms with Crippen LogP contribution in [-0.2, 0) is 15.3 Å². The summed E-state index contributed by atoms with van der Waals surface area (Å²) in [5.41, 5.74) is 0.810. The molecule has 2 saturated heterocycles. The van der Waals surface area contributed by atoms with Crippen LogP contribution in [0.4, 0.5) is 4.79 Å². The SMILES string of the molecule is CN1C[C@]2(CCN(C(=O)CCSCc3ccccc3)C2)OC1=O. The predicted molar refractivity (Wildman–Crippen MR) is 90.3 cm³/mol. The molecule has 0 aliphatic carbocycles. The highest BCUT2D eigenvalue weighted by Gasteiger charge is 2.49. The Morgan fingerprint density at radius 1 is 1.30 bits per heavy atom. The molecule has 0 unspecified atom stereocenters. The van der Waals surface area contributed by atoms with Crippen molar-refractivity contribution in [3.8, 4) is 0 Å². The third kappa shape index (κ3) is 3.80. The highest BCUT2D eigenvalue weighted by molar-refractivity contribution is 7.98. The van der Waals surface area contributed by atoms with Crippen LogP contribution in [0, 0.1) is 0 Å². The molecule has 0 saturated carbocycles. The van der Waals surface area contributed by atoms with Crippen molar-refractivity contribution >= 4 is 23.8 Å². The fourth-order valence-electron chi connectivity index (χ4n) is 3.14. The summed E-state index contributed by atoms with van der Waals surface area (Å²) >= 11 is 1.78. The molecule has 124 valence electrons. The van der Waals surface area contributed by atoms with Crippen molar-refractivity contribution in [1.29, 1.82) is 0 Å². The molecule has 2 aliphatic rings. The zero-order chi connectivity index (χ0) is 16.3. The summed E-state index contributed by atoms with van der Waals surface area (Å²) in [6.45, 7) is 1.80. The Bertz CT molecular complexity index is 580. The third-order valence-corrected chi connectivity index (χ3v) is 5.41. The fraction of sp³-hybridized carbons (Fsp3) is 0.529. The molecule has 23 heavy (non-hydrogen) atoms. The van der Waals surface area contributed by atoms with Gasteiger partial charge in [0.15, 0.2) is 5.60 Å². The maximum Gasteiger partial charge on any atom is 0.410 e. The maximum atomic E-state index is 12.3. The number of rotatable bonds is 5. The number of hydrogen-bond acceptors (Lipinski definition) is 4. The molecule has 2 amide bonds. The first-order valence-corrected chi connectivity index (χ1v) is 9.07. The van der Waals surface area contributed by atoms with E-state index < -0.39 is 5.60 Å². The van der Waals surface area contributed by atoms with E-state index in [1.54, 1.807) is 23.7 Å².